The van der Waals surface area contributed by atoms with E-state index in [9.17, 15) is 4.79 Å². The Labute approximate surface area is 144 Å². The fraction of sp³-hybridized carbons (Fsp3) is 0.762. The molecule has 0 aliphatic rings. The van der Waals surface area contributed by atoms with Crippen molar-refractivity contribution in [3.8, 4) is 12.3 Å². The molecule has 0 aromatic heterocycles. The summed E-state index contributed by atoms with van der Waals surface area (Å²) in [6.07, 6.45) is 26.6. The normalized spacial score (nSPS) is 10.8. The van der Waals surface area contributed by atoms with Crippen LogP contribution in [0.2, 0.25) is 0 Å². The molecule has 2 heteroatoms. The molecule has 0 fully saturated rings. The Morgan fingerprint density at radius 1 is 0.870 bits per heavy atom. The van der Waals surface area contributed by atoms with Gasteiger partial charge in [0.05, 0.1) is 0 Å². The van der Waals surface area contributed by atoms with Gasteiger partial charge in [-0.15, -0.1) is 6.42 Å². The summed E-state index contributed by atoms with van der Waals surface area (Å²) in [5, 5.41) is 0. The fourth-order valence-electron chi connectivity index (χ4n) is 2.53. The third-order valence-corrected chi connectivity index (χ3v) is 3.96. The highest BCUT2D eigenvalue weighted by Gasteiger charge is 2.00. The van der Waals surface area contributed by atoms with E-state index >= 15 is 0 Å². The molecular weight excluding hydrogens is 284 g/mol. The van der Waals surface area contributed by atoms with Crippen molar-refractivity contribution in [2.45, 2.75) is 96.8 Å². The third kappa shape index (κ3) is 18.7. The summed E-state index contributed by atoms with van der Waals surface area (Å²) in [5.41, 5.74) is 0. The quantitative estimate of drug-likeness (QED) is 0.146. The minimum atomic E-state index is -0.166. The summed E-state index contributed by atoms with van der Waals surface area (Å²) in [7, 11) is 0. The minimum absolute atomic E-state index is 0.101. The molecule has 0 spiro atoms. The maximum absolute atomic E-state index is 11.2. The van der Waals surface area contributed by atoms with E-state index in [1.807, 2.05) is 0 Å². The molecule has 0 saturated heterocycles. The first-order valence-electron chi connectivity index (χ1n) is 9.55. The Bertz CT molecular complexity index is 325. The van der Waals surface area contributed by atoms with Crippen molar-refractivity contribution in [2.24, 2.45) is 0 Å². The Hall–Kier alpha value is -1.23. The SMILES string of the molecule is C#CCOC(=O)CCCCCCC/C=C\CCCCCCCC. The number of esters is 1. The van der Waals surface area contributed by atoms with Crippen molar-refractivity contribution in [3.63, 3.8) is 0 Å². The van der Waals surface area contributed by atoms with Crippen LogP contribution in [0.1, 0.15) is 96.8 Å². The van der Waals surface area contributed by atoms with Crippen molar-refractivity contribution in [2.75, 3.05) is 6.61 Å². The van der Waals surface area contributed by atoms with Gasteiger partial charge in [-0.05, 0) is 32.1 Å². The Morgan fingerprint density at radius 2 is 1.39 bits per heavy atom. The van der Waals surface area contributed by atoms with Crippen molar-refractivity contribution < 1.29 is 9.53 Å². The van der Waals surface area contributed by atoms with E-state index < -0.39 is 0 Å². The smallest absolute Gasteiger partial charge is 0.306 e. The monoisotopic (exact) mass is 320 g/mol. The molecule has 0 atom stereocenters. The van der Waals surface area contributed by atoms with Crippen LogP contribution in [0.4, 0.5) is 0 Å². The van der Waals surface area contributed by atoms with Crippen molar-refractivity contribution in [1.82, 2.24) is 0 Å². The molecule has 23 heavy (non-hydrogen) atoms. The average Bonchev–Trinajstić information content (AvgIpc) is 2.56. The number of carbonyl (C=O) groups is 1. The van der Waals surface area contributed by atoms with Gasteiger partial charge in [-0.2, -0.15) is 0 Å². The van der Waals surface area contributed by atoms with Crippen LogP contribution in [0.3, 0.4) is 0 Å². The number of unbranched alkanes of at least 4 members (excludes halogenated alkanes) is 11. The number of terminal acetylenes is 1. The fourth-order valence-corrected chi connectivity index (χ4v) is 2.53. The van der Waals surface area contributed by atoms with Crippen LogP contribution in [0.5, 0.6) is 0 Å². The summed E-state index contributed by atoms with van der Waals surface area (Å²) < 4.78 is 4.83. The van der Waals surface area contributed by atoms with E-state index in [0.29, 0.717) is 6.42 Å². The van der Waals surface area contributed by atoms with Crippen LogP contribution in [-0.4, -0.2) is 12.6 Å². The van der Waals surface area contributed by atoms with Crippen molar-refractivity contribution >= 4 is 5.97 Å². The molecule has 0 heterocycles. The molecule has 0 aromatic rings. The topological polar surface area (TPSA) is 26.3 Å². The summed E-state index contributed by atoms with van der Waals surface area (Å²) in [6.45, 7) is 2.36. The van der Waals surface area contributed by atoms with Crippen LogP contribution in [0.25, 0.3) is 0 Å². The minimum Gasteiger partial charge on any atom is -0.452 e. The molecule has 0 bridgehead atoms. The van der Waals surface area contributed by atoms with Crippen LogP contribution >= 0.6 is 0 Å². The summed E-state index contributed by atoms with van der Waals surface area (Å²) in [6, 6.07) is 0. The lowest BCUT2D eigenvalue weighted by molar-refractivity contribution is -0.142. The highest BCUT2D eigenvalue weighted by molar-refractivity contribution is 5.69. The van der Waals surface area contributed by atoms with Crippen LogP contribution in [0, 0.1) is 12.3 Å². The first kappa shape index (κ1) is 21.8. The third-order valence-electron chi connectivity index (χ3n) is 3.96. The van der Waals surface area contributed by atoms with Gasteiger partial charge in [0.25, 0.3) is 0 Å². The van der Waals surface area contributed by atoms with Gasteiger partial charge in [-0.1, -0.05) is 76.4 Å². The van der Waals surface area contributed by atoms with Gasteiger partial charge in [0, 0.05) is 6.42 Å². The van der Waals surface area contributed by atoms with Gasteiger partial charge in [0.1, 0.15) is 0 Å². The molecule has 0 radical (unpaired) electrons. The number of carbonyl (C=O) groups excluding carboxylic acids is 1. The second-order valence-electron chi connectivity index (χ2n) is 6.20. The number of ether oxygens (including phenoxy) is 1. The zero-order chi connectivity index (χ0) is 17.0. The zero-order valence-corrected chi connectivity index (χ0v) is 15.2. The molecule has 0 aliphatic carbocycles. The molecule has 0 aliphatic heterocycles. The van der Waals surface area contributed by atoms with Crippen LogP contribution in [0.15, 0.2) is 12.2 Å². The van der Waals surface area contributed by atoms with Gasteiger partial charge in [-0.25, -0.2) is 0 Å². The highest BCUT2D eigenvalue weighted by Crippen LogP contribution is 2.10. The van der Waals surface area contributed by atoms with Gasteiger partial charge < -0.3 is 4.74 Å². The Morgan fingerprint density at radius 3 is 1.96 bits per heavy atom. The maximum Gasteiger partial charge on any atom is 0.306 e. The summed E-state index contributed by atoms with van der Waals surface area (Å²) >= 11 is 0. The first-order valence-corrected chi connectivity index (χ1v) is 9.55. The molecule has 0 unspecified atom stereocenters. The lowest BCUT2D eigenvalue weighted by atomic mass is 10.1. The number of hydrogen-bond acceptors (Lipinski definition) is 2. The van der Waals surface area contributed by atoms with Gasteiger partial charge in [0.2, 0.25) is 0 Å². The molecule has 0 aromatic carbocycles. The van der Waals surface area contributed by atoms with Gasteiger partial charge >= 0.3 is 5.97 Å². The van der Waals surface area contributed by atoms with E-state index in [-0.39, 0.29) is 12.6 Å². The van der Waals surface area contributed by atoms with E-state index in [0.717, 1.165) is 12.8 Å². The van der Waals surface area contributed by atoms with E-state index in [1.165, 1.54) is 70.6 Å². The first-order chi connectivity index (χ1) is 11.3. The largest absolute Gasteiger partial charge is 0.452 e. The van der Waals surface area contributed by atoms with Crippen LogP contribution in [-0.2, 0) is 9.53 Å². The number of allylic oxidation sites excluding steroid dienone is 2. The van der Waals surface area contributed by atoms with Crippen molar-refractivity contribution in [1.29, 1.82) is 0 Å². The molecule has 132 valence electrons. The van der Waals surface area contributed by atoms with Gasteiger partial charge in [-0.3, -0.25) is 4.79 Å². The Kier molecular flexibility index (Phi) is 17.8. The number of hydrogen-bond donors (Lipinski definition) is 0. The molecular formula is C21H36O2. The maximum atomic E-state index is 11.2. The second-order valence-corrected chi connectivity index (χ2v) is 6.20. The number of rotatable bonds is 16. The predicted molar refractivity (Wildman–Crippen MR) is 99.2 cm³/mol. The van der Waals surface area contributed by atoms with E-state index in [4.69, 9.17) is 11.2 Å². The molecule has 0 N–H and O–H groups in total. The summed E-state index contributed by atoms with van der Waals surface area (Å²) in [5.74, 6) is 2.14. The molecule has 2 nitrogen and oxygen atoms in total. The zero-order valence-electron chi connectivity index (χ0n) is 15.2. The van der Waals surface area contributed by atoms with E-state index in [1.54, 1.807) is 0 Å². The van der Waals surface area contributed by atoms with E-state index in [2.05, 4.69) is 25.0 Å². The average molecular weight is 321 g/mol. The molecule has 0 saturated carbocycles. The lowest BCUT2D eigenvalue weighted by Crippen LogP contribution is -2.03. The van der Waals surface area contributed by atoms with Gasteiger partial charge in [0.15, 0.2) is 6.61 Å². The van der Waals surface area contributed by atoms with Crippen molar-refractivity contribution in [3.05, 3.63) is 12.2 Å². The second kappa shape index (κ2) is 18.8. The molecule has 0 rings (SSSR count). The molecule has 0 amide bonds. The predicted octanol–water partition coefficient (Wildman–Crippen LogP) is 6.20. The highest BCUT2D eigenvalue weighted by atomic mass is 16.5. The Balaban J connectivity index is 3.16. The standard InChI is InChI=1S/C21H36O2/c1-3-5-6-7-8-9-10-11-12-13-14-15-16-17-18-19-21(22)23-20-4-2/h2,11-12H,3,5-10,13-20H2,1H3/b12-11-. The summed E-state index contributed by atoms with van der Waals surface area (Å²) in [4.78, 5) is 11.2. The lowest BCUT2D eigenvalue weighted by Gasteiger charge is -2.01. The van der Waals surface area contributed by atoms with Crippen LogP contribution < -0.4 is 0 Å².